The molecule has 0 aromatic heterocycles. The van der Waals surface area contributed by atoms with E-state index in [1.165, 1.54) is 12.1 Å². The van der Waals surface area contributed by atoms with Crippen LogP contribution in [0.4, 0.5) is 8.78 Å². The molecule has 2 saturated carbocycles. The van der Waals surface area contributed by atoms with Crippen LogP contribution in [0.5, 0.6) is 0 Å². The Bertz CT molecular complexity index is 579. The molecule has 3 unspecified atom stereocenters. The summed E-state index contributed by atoms with van der Waals surface area (Å²) in [6.45, 7) is 2.38. The van der Waals surface area contributed by atoms with Crippen molar-refractivity contribution in [1.29, 1.82) is 0 Å². The molecule has 122 valence electrons. The van der Waals surface area contributed by atoms with E-state index in [0.29, 0.717) is 24.4 Å². The molecule has 2 fully saturated rings. The average Bonchev–Trinajstić information content (AvgIpc) is 3.29. The predicted molar refractivity (Wildman–Crippen MR) is 82.8 cm³/mol. The standard InChI is InChI=1S/C16H20F2N2O.ClH/c1-16(8-19,9-2-3-9)20-15(21)13-7-12(13)11-5-4-10(17)6-14(11)18;/h4-6,9,12-13H,2-3,7-8,19H2,1H3,(H,20,21);1H. The lowest BCUT2D eigenvalue weighted by molar-refractivity contribution is -0.124. The molecule has 6 heteroatoms. The molecular weight excluding hydrogens is 310 g/mol. The van der Waals surface area contributed by atoms with Crippen molar-refractivity contribution in [2.24, 2.45) is 17.6 Å². The van der Waals surface area contributed by atoms with Crippen LogP contribution in [-0.4, -0.2) is 18.0 Å². The topological polar surface area (TPSA) is 55.1 Å². The summed E-state index contributed by atoms with van der Waals surface area (Å²) in [5, 5.41) is 3.04. The summed E-state index contributed by atoms with van der Waals surface area (Å²) >= 11 is 0. The first-order valence-electron chi connectivity index (χ1n) is 7.41. The number of hydrogen-bond donors (Lipinski definition) is 2. The Balaban J connectivity index is 0.00000176. The molecule has 0 saturated heterocycles. The Morgan fingerprint density at radius 3 is 2.64 bits per heavy atom. The van der Waals surface area contributed by atoms with Crippen molar-refractivity contribution in [3.63, 3.8) is 0 Å². The zero-order valence-electron chi connectivity index (χ0n) is 12.4. The predicted octanol–water partition coefficient (Wildman–Crippen LogP) is 2.73. The minimum absolute atomic E-state index is 0. The Morgan fingerprint density at radius 1 is 1.41 bits per heavy atom. The van der Waals surface area contributed by atoms with E-state index < -0.39 is 11.6 Å². The van der Waals surface area contributed by atoms with Crippen molar-refractivity contribution >= 4 is 18.3 Å². The number of benzene rings is 1. The van der Waals surface area contributed by atoms with Gasteiger partial charge in [-0.2, -0.15) is 0 Å². The van der Waals surface area contributed by atoms with E-state index in [4.69, 9.17) is 5.73 Å². The highest BCUT2D eigenvalue weighted by Crippen LogP contribution is 2.49. The van der Waals surface area contributed by atoms with Gasteiger partial charge in [0, 0.05) is 18.5 Å². The van der Waals surface area contributed by atoms with Gasteiger partial charge in [0.15, 0.2) is 0 Å². The lowest BCUT2D eigenvalue weighted by Gasteiger charge is -2.29. The van der Waals surface area contributed by atoms with Crippen molar-refractivity contribution in [3.8, 4) is 0 Å². The zero-order valence-corrected chi connectivity index (χ0v) is 13.3. The second-order valence-electron chi connectivity index (χ2n) is 6.50. The van der Waals surface area contributed by atoms with Crippen molar-refractivity contribution < 1.29 is 13.6 Å². The second-order valence-corrected chi connectivity index (χ2v) is 6.50. The van der Waals surface area contributed by atoms with E-state index >= 15 is 0 Å². The molecule has 1 amide bonds. The molecule has 0 aliphatic heterocycles. The summed E-state index contributed by atoms with van der Waals surface area (Å²) in [6, 6.07) is 3.54. The summed E-state index contributed by atoms with van der Waals surface area (Å²) in [7, 11) is 0. The number of rotatable bonds is 5. The molecule has 0 radical (unpaired) electrons. The number of carbonyl (C=O) groups is 1. The second kappa shape index (κ2) is 6.13. The lowest BCUT2D eigenvalue weighted by Crippen LogP contribution is -2.53. The van der Waals surface area contributed by atoms with Gasteiger partial charge in [0.05, 0.1) is 5.54 Å². The quantitative estimate of drug-likeness (QED) is 0.872. The first kappa shape index (κ1) is 17.2. The molecule has 0 heterocycles. The Morgan fingerprint density at radius 2 is 2.09 bits per heavy atom. The van der Waals surface area contributed by atoms with Gasteiger partial charge in [-0.25, -0.2) is 8.78 Å². The molecular formula is C16H21ClF2N2O. The fourth-order valence-corrected chi connectivity index (χ4v) is 3.05. The molecule has 0 bridgehead atoms. The Kier molecular flexibility index (Phi) is 4.78. The van der Waals surface area contributed by atoms with Gasteiger partial charge in [0.25, 0.3) is 0 Å². The highest BCUT2D eigenvalue weighted by Gasteiger charge is 2.49. The van der Waals surface area contributed by atoms with E-state index in [-0.39, 0.29) is 35.7 Å². The maximum absolute atomic E-state index is 13.7. The number of hydrogen-bond acceptors (Lipinski definition) is 2. The summed E-state index contributed by atoms with van der Waals surface area (Å²) in [4.78, 5) is 12.3. The molecule has 2 aliphatic carbocycles. The molecule has 3 atom stereocenters. The van der Waals surface area contributed by atoms with E-state index in [2.05, 4.69) is 5.32 Å². The van der Waals surface area contributed by atoms with Gasteiger partial charge in [-0.3, -0.25) is 4.79 Å². The first-order valence-corrected chi connectivity index (χ1v) is 7.41. The number of amides is 1. The van der Waals surface area contributed by atoms with Crippen LogP contribution < -0.4 is 11.1 Å². The van der Waals surface area contributed by atoms with Gasteiger partial charge in [-0.1, -0.05) is 6.07 Å². The average molecular weight is 331 g/mol. The number of halogens is 3. The van der Waals surface area contributed by atoms with Crippen LogP contribution in [0, 0.1) is 23.5 Å². The van der Waals surface area contributed by atoms with Crippen LogP contribution >= 0.6 is 12.4 Å². The van der Waals surface area contributed by atoms with E-state index in [0.717, 1.165) is 18.9 Å². The summed E-state index contributed by atoms with van der Waals surface area (Å²) < 4.78 is 26.6. The van der Waals surface area contributed by atoms with Crippen molar-refractivity contribution in [2.45, 2.75) is 37.6 Å². The van der Waals surface area contributed by atoms with Gasteiger partial charge in [0.1, 0.15) is 11.6 Å². The summed E-state index contributed by atoms with van der Waals surface area (Å²) in [5.41, 5.74) is 5.86. The lowest BCUT2D eigenvalue weighted by atomic mass is 9.95. The monoisotopic (exact) mass is 330 g/mol. The highest BCUT2D eigenvalue weighted by atomic mass is 35.5. The molecule has 0 spiro atoms. The van der Waals surface area contributed by atoms with Crippen LogP contribution in [0.2, 0.25) is 0 Å². The number of nitrogens with one attached hydrogen (secondary N) is 1. The van der Waals surface area contributed by atoms with Crippen LogP contribution in [0.15, 0.2) is 18.2 Å². The molecule has 3 N–H and O–H groups in total. The van der Waals surface area contributed by atoms with Crippen molar-refractivity contribution in [1.82, 2.24) is 5.32 Å². The van der Waals surface area contributed by atoms with E-state index in [9.17, 15) is 13.6 Å². The molecule has 22 heavy (non-hydrogen) atoms. The van der Waals surface area contributed by atoms with Crippen molar-refractivity contribution in [2.75, 3.05) is 6.54 Å². The first-order chi connectivity index (χ1) is 9.94. The van der Waals surface area contributed by atoms with Crippen LogP contribution in [0.3, 0.4) is 0 Å². The molecule has 1 aromatic rings. The SMILES string of the molecule is CC(CN)(NC(=O)C1CC1c1ccc(F)cc1F)C1CC1.Cl. The van der Waals surface area contributed by atoms with E-state index in [1.807, 2.05) is 6.92 Å². The van der Waals surface area contributed by atoms with Crippen molar-refractivity contribution in [3.05, 3.63) is 35.4 Å². The Hall–Kier alpha value is -1.20. The van der Waals surface area contributed by atoms with Crippen LogP contribution in [-0.2, 0) is 4.79 Å². The van der Waals surface area contributed by atoms with Gasteiger partial charge >= 0.3 is 0 Å². The van der Waals surface area contributed by atoms with Gasteiger partial charge in [0.2, 0.25) is 5.91 Å². The minimum Gasteiger partial charge on any atom is -0.349 e. The smallest absolute Gasteiger partial charge is 0.224 e. The summed E-state index contributed by atoms with van der Waals surface area (Å²) in [6.07, 6.45) is 2.79. The fourth-order valence-electron chi connectivity index (χ4n) is 3.05. The highest BCUT2D eigenvalue weighted by molar-refractivity contribution is 5.85. The fraction of sp³-hybridized carbons (Fsp3) is 0.562. The van der Waals surface area contributed by atoms with Crippen LogP contribution in [0.1, 0.15) is 37.7 Å². The number of carbonyl (C=O) groups excluding carboxylic acids is 1. The third-order valence-electron chi connectivity index (χ3n) is 4.80. The van der Waals surface area contributed by atoms with Gasteiger partial charge in [-0.15, -0.1) is 12.4 Å². The van der Waals surface area contributed by atoms with Crippen LogP contribution in [0.25, 0.3) is 0 Å². The molecule has 1 aromatic carbocycles. The maximum Gasteiger partial charge on any atom is 0.224 e. The van der Waals surface area contributed by atoms with Gasteiger partial charge in [-0.05, 0) is 49.7 Å². The summed E-state index contributed by atoms with van der Waals surface area (Å²) in [5.74, 6) is -1.15. The minimum atomic E-state index is -0.595. The Labute approximate surface area is 135 Å². The normalized spacial score (nSPS) is 25.8. The maximum atomic E-state index is 13.7. The van der Waals surface area contributed by atoms with E-state index in [1.54, 1.807) is 0 Å². The third-order valence-corrected chi connectivity index (χ3v) is 4.80. The molecule has 3 nitrogen and oxygen atoms in total. The number of nitrogens with two attached hydrogens (primary N) is 1. The largest absolute Gasteiger partial charge is 0.349 e. The molecule has 2 aliphatic rings. The molecule has 3 rings (SSSR count). The third kappa shape index (κ3) is 3.25. The zero-order chi connectivity index (χ0) is 15.2. The van der Waals surface area contributed by atoms with Gasteiger partial charge < -0.3 is 11.1 Å².